The Morgan fingerprint density at radius 2 is 1.76 bits per heavy atom. The second-order valence-corrected chi connectivity index (χ2v) is 6.79. The predicted octanol–water partition coefficient (Wildman–Crippen LogP) is 3.11. The molecule has 1 N–H and O–H groups in total. The van der Waals surface area contributed by atoms with Crippen LogP contribution < -0.4 is 10.2 Å². The standard InChI is InChI=1S/C18H27N3/c1-2-6-15(5-1)20-11-13-21(14-12-20)18-9-3-8-17-16(18)7-4-10-19-17/h3,8-9,15,19H,1-2,4-7,10-14H2. The van der Waals surface area contributed by atoms with Gasteiger partial charge in [0.25, 0.3) is 0 Å². The SMILES string of the molecule is c1cc2c(c(N3CCN(C4CCCC4)CC3)c1)CCCN2. The average molecular weight is 285 g/mol. The first kappa shape index (κ1) is 13.4. The van der Waals surface area contributed by atoms with Crippen molar-refractivity contribution in [2.75, 3.05) is 42.9 Å². The van der Waals surface area contributed by atoms with Gasteiger partial charge in [0, 0.05) is 50.1 Å². The Labute approximate surface area is 128 Å². The average Bonchev–Trinajstić information content (AvgIpc) is 3.09. The highest BCUT2D eigenvalue weighted by Gasteiger charge is 2.27. The molecule has 3 aliphatic rings. The first-order valence-corrected chi connectivity index (χ1v) is 8.76. The van der Waals surface area contributed by atoms with E-state index in [0.717, 1.165) is 12.6 Å². The van der Waals surface area contributed by atoms with Crippen molar-refractivity contribution in [1.82, 2.24) is 4.90 Å². The molecule has 1 saturated carbocycles. The van der Waals surface area contributed by atoms with Crippen molar-refractivity contribution in [3.8, 4) is 0 Å². The van der Waals surface area contributed by atoms with E-state index in [9.17, 15) is 0 Å². The van der Waals surface area contributed by atoms with Crippen LogP contribution in [0.4, 0.5) is 11.4 Å². The number of hydrogen-bond acceptors (Lipinski definition) is 3. The first-order chi connectivity index (χ1) is 10.4. The Kier molecular flexibility index (Phi) is 3.76. The number of benzene rings is 1. The lowest BCUT2D eigenvalue weighted by molar-refractivity contribution is 0.187. The summed E-state index contributed by atoms with van der Waals surface area (Å²) in [6, 6.07) is 7.68. The van der Waals surface area contributed by atoms with Gasteiger partial charge < -0.3 is 10.2 Å². The van der Waals surface area contributed by atoms with Crippen LogP contribution in [0, 0.1) is 0 Å². The number of nitrogens with one attached hydrogen (secondary N) is 1. The highest BCUT2D eigenvalue weighted by Crippen LogP contribution is 2.33. The lowest BCUT2D eigenvalue weighted by atomic mass is 10.00. The molecular weight excluding hydrogens is 258 g/mol. The molecule has 2 fully saturated rings. The summed E-state index contributed by atoms with van der Waals surface area (Å²) in [5.74, 6) is 0. The largest absolute Gasteiger partial charge is 0.385 e. The summed E-state index contributed by atoms with van der Waals surface area (Å²) >= 11 is 0. The number of nitrogens with zero attached hydrogens (tertiary/aromatic N) is 2. The summed E-state index contributed by atoms with van der Waals surface area (Å²) in [5, 5.41) is 3.56. The van der Waals surface area contributed by atoms with Gasteiger partial charge in [-0.05, 0) is 43.4 Å². The molecule has 114 valence electrons. The van der Waals surface area contributed by atoms with Crippen LogP contribution in [-0.2, 0) is 6.42 Å². The topological polar surface area (TPSA) is 18.5 Å². The molecule has 3 nitrogen and oxygen atoms in total. The first-order valence-electron chi connectivity index (χ1n) is 8.76. The fourth-order valence-corrected chi connectivity index (χ4v) is 4.38. The maximum atomic E-state index is 3.56. The van der Waals surface area contributed by atoms with Gasteiger partial charge in [0.05, 0.1) is 0 Å². The number of hydrogen-bond donors (Lipinski definition) is 1. The third-order valence-electron chi connectivity index (χ3n) is 5.57. The summed E-state index contributed by atoms with van der Waals surface area (Å²) in [5.41, 5.74) is 4.42. The molecule has 21 heavy (non-hydrogen) atoms. The van der Waals surface area contributed by atoms with Crippen molar-refractivity contribution < 1.29 is 0 Å². The van der Waals surface area contributed by atoms with Crippen molar-refractivity contribution in [1.29, 1.82) is 0 Å². The Morgan fingerprint density at radius 3 is 2.57 bits per heavy atom. The van der Waals surface area contributed by atoms with Gasteiger partial charge >= 0.3 is 0 Å². The molecule has 1 aromatic carbocycles. The third-order valence-corrected chi connectivity index (χ3v) is 5.57. The third kappa shape index (κ3) is 2.64. The molecule has 2 heterocycles. The lowest BCUT2D eigenvalue weighted by Gasteiger charge is -2.40. The highest BCUT2D eigenvalue weighted by molar-refractivity contribution is 5.68. The second kappa shape index (κ2) is 5.88. The van der Waals surface area contributed by atoms with Crippen molar-refractivity contribution in [2.24, 2.45) is 0 Å². The molecule has 3 heteroatoms. The van der Waals surface area contributed by atoms with E-state index < -0.39 is 0 Å². The summed E-state index contributed by atoms with van der Waals surface area (Å²) in [4.78, 5) is 5.37. The predicted molar refractivity (Wildman–Crippen MR) is 89.3 cm³/mol. The van der Waals surface area contributed by atoms with Crippen molar-refractivity contribution in [3.05, 3.63) is 23.8 Å². The second-order valence-electron chi connectivity index (χ2n) is 6.79. The zero-order valence-corrected chi connectivity index (χ0v) is 13.0. The van der Waals surface area contributed by atoms with E-state index in [1.54, 1.807) is 5.56 Å². The smallest absolute Gasteiger partial charge is 0.0420 e. The molecular formula is C18H27N3. The van der Waals surface area contributed by atoms with Crippen LogP contribution in [0.15, 0.2) is 18.2 Å². The van der Waals surface area contributed by atoms with Crippen LogP contribution in [0.2, 0.25) is 0 Å². The minimum atomic E-state index is 0.888. The zero-order valence-electron chi connectivity index (χ0n) is 13.0. The molecule has 1 saturated heterocycles. The van der Waals surface area contributed by atoms with Gasteiger partial charge in [-0.3, -0.25) is 4.90 Å². The molecule has 1 aliphatic carbocycles. The number of fused-ring (bicyclic) bond motifs is 1. The van der Waals surface area contributed by atoms with Gasteiger partial charge in [-0.15, -0.1) is 0 Å². The highest BCUT2D eigenvalue weighted by atomic mass is 15.3. The molecule has 1 aromatic rings. The zero-order chi connectivity index (χ0) is 14.1. The summed E-state index contributed by atoms with van der Waals surface area (Å²) < 4.78 is 0. The van der Waals surface area contributed by atoms with Crippen molar-refractivity contribution in [3.63, 3.8) is 0 Å². The Balaban J connectivity index is 1.46. The normalized spacial score (nSPS) is 23.9. The number of rotatable bonds is 2. The Bertz CT molecular complexity index is 485. The molecule has 2 aliphatic heterocycles. The van der Waals surface area contributed by atoms with Gasteiger partial charge in [0.2, 0.25) is 0 Å². The van der Waals surface area contributed by atoms with Gasteiger partial charge in [-0.2, -0.15) is 0 Å². The maximum Gasteiger partial charge on any atom is 0.0420 e. The summed E-state index contributed by atoms with van der Waals surface area (Å²) in [7, 11) is 0. The van der Waals surface area contributed by atoms with E-state index in [-0.39, 0.29) is 0 Å². The minimum Gasteiger partial charge on any atom is -0.385 e. The number of anilines is 2. The maximum absolute atomic E-state index is 3.56. The van der Waals surface area contributed by atoms with E-state index in [1.807, 2.05) is 0 Å². The van der Waals surface area contributed by atoms with Crippen LogP contribution in [0.1, 0.15) is 37.7 Å². The molecule has 0 bridgehead atoms. The van der Waals surface area contributed by atoms with Crippen LogP contribution >= 0.6 is 0 Å². The van der Waals surface area contributed by atoms with E-state index in [4.69, 9.17) is 0 Å². The van der Waals surface area contributed by atoms with E-state index in [1.165, 1.54) is 76.1 Å². The molecule has 0 unspecified atom stereocenters. The Hall–Kier alpha value is -1.22. The molecule has 4 rings (SSSR count). The molecule has 0 amide bonds. The van der Waals surface area contributed by atoms with Crippen molar-refractivity contribution >= 4 is 11.4 Å². The number of piperazine rings is 1. The Morgan fingerprint density at radius 1 is 0.952 bits per heavy atom. The van der Waals surface area contributed by atoms with E-state index in [2.05, 4.69) is 33.3 Å². The quantitative estimate of drug-likeness (QED) is 0.901. The summed E-state index contributed by atoms with van der Waals surface area (Å²) in [6.07, 6.45) is 8.27. The molecule has 0 radical (unpaired) electrons. The van der Waals surface area contributed by atoms with Gasteiger partial charge in [0.1, 0.15) is 0 Å². The van der Waals surface area contributed by atoms with Crippen LogP contribution in [-0.4, -0.2) is 43.7 Å². The molecule has 0 spiro atoms. The monoisotopic (exact) mass is 285 g/mol. The van der Waals surface area contributed by atoms with Gasteiger partial charge in [0.15, 0.2) is 0 Å². The fourth-order valence-electron chi connectivity index (χ4n) is 4.38. The minimum absolute atomic E-state index is 0.888. The van der Waals surface area contributed by atoms with Crippen molar-refractivity contribution in [2.45, 2.75) is 44.6 Å². The van der Waals surface area contributed by atoms with Crippen LogP contribution in [0.5, 0.6) is 0 Å². The van der Waals surface area contributed by atoms with Crippen LogP contribution in [0.25, 0.3) is 0 Å². The van der Waals surface area contributed by atoms with E-state index >= 15 is 0 Å². The molecule has 0 atom stereocenters. The summed E-state index contributed by atoms with van der Waals surface area (Å²) in [6.45, 7) is 6.04. The van der Waals surface area contributed by atoms with Gasteiger partial charge in [-0.1, -0.05) is 18.9 Å². The van der Waals surface area contributed by atoms with Gasteiger partial charge in [-0.25, -0.2) is 0 Å². The van der Waals surface area contributed by atoms with E-state index in [0.29, 0.717) is 0 Å². The fraction of sp³-hybridized carbons (Fsp3) is 0.667. The molecule has 0 aromatic heterocycles. The lowest BCUT2D eigenvalue weighted by Crippen LogP contribution is -2.50. The van der Waals surface area contributed by atoms with Crippen LogP contribution in [0.3, 0.4) is 0 Å².